The molecule has 0 bridgehead atoms. The fourth-order valence-corrected chi connectivity index (χ4v) is 3.97. The molecule has 0 spiro atoms. The average Bonchev–Trinajstić information content (AvgIpc) is 3.07. The number of aromatic nitrogens is 2. The van der Waals surface area contributed by atoms with Crippen LogP contribution in [0, 0.1) is 5.92 Å². The Morgan fingerprint density at radius 3 is 2.64 bits per heavy atom. The smallest absolute Gasteiger partial charge is 0.302 e. The highest BCUT2D eigenvalue weighted by Crippen LogP contribution is 2.35. The van der Waals surface area contributed by atoms with Crippen molar-refractivity contribution in [2.45, 2.75) is 58.1 Å². The van der Waals surface area contributed by atoms with E-state index in [2.05, 4.69) is 10.9 Å². The minimum Gasteiger partial charge on any atom is -0.463 e. The number of hydrogen-bond acceptors (Lipinski definition) is 6. The second kappa shape index (κ2) is 8.49. The molecule has 3 rings (SSSR count). The molecule has 1 heterocycles. The van der Waals surface area contributed by atoms with Crippen LogP contribution >= 0.6 is 0 Å². The third-order valence-electron chi connectivity index (χ3n) is 5.64. The van der Waals surface area contributed by atoms with E-state index in [-0.39, 0.29) is 19.2 Å². The molecule has 1 saturated carbocycles. The molecule has 154 valence electrons. The Hall–Kier alpha value is -2.12. The molecule has 0 radical (unpaired) electrons. The first-order chi connectivity index (χ1) is 13.3. The lowest BCUT2D eigenvalue weighted by atomic mass is 9.87. The standard InChI is InChI=1S/C21H31N3O4/c1-14(26)27-8-9-28-21(2,3)18-11-20-16(10-19(18)22)12-24(23-20)17-6-4-15(13-25)5-7-17/h10-12,15,17,25H,4-9,13,22H2,1-3H3. The zero-order valence-corrected chi connectivity index (χ0v) is 17.0. The molecule has 0 saturated heterocycles. The van der Waals surface area contributed by atoms with Crippen LogP contribution in [-0.4, -0.2) is 40.7 Å². The van der Waals surface area contributed by atoms with E-state index in [1.165, 1.54) is 6.92 Å². The summed E-state index contributed by atoms with van der Waals surface area (Å²) in [6.45, 7) is 6.07. The molecule has 0 aliphatic heterocycles. The summed E-state index contributed by atoms with van der Waals surface area (Å²) in [7, 11) is 0. The number of benzene rings is 1. The molecule has 1 aromatic carbocycles. The minimum absolute atomic E-state index is 0.214. The number of aliphatic hydroxyl groups is 1. The van der Waals surface area contributed by atoms with Gasteiger partial charge in [-0.3, -0.25) is 9.48 Å². The zero-order chi connectivity index (χ0) is 20.3. The van der Waals surface area contributed by atoms with E-state index in [9.17, 15) is 9.90 Å². The van der Waals surface area contributed by atoms with Crippen LogP contribution < -0.4 is 5.73 Å². The summed E-state index contributed by atoms with van der Waals surface area (Å²) in [4.78, 5) is 10.9. The van der Waals surface area contributed by atoms with Crippen molar-refractivity contribution >= 4 is 22.6 Å². The number of esters is 1. The zero-order valence-electron chi connectivity index (χ0n) is 17.0. The first-order valence-electron chi connectivity index (χ1n) is 9.97. The van der Waals surface area contributed by atoms with E-state index >= 15 is 0 Å². The van der Waals surface area contributed by atoms with Crippen molar-refractivity contribution in [3.63, 3.8) is 0 Å². The largest absolute Gasteiger partial charge is 0.463 e. The number of anilines is 1. The minimum atomic E-state index is -0.624. The molecular weight excluding hydrogens is 358 g/mol. The fourth-order valence-electron chi connectivity index (χ4n) is 3.97. The van der Waals surface area contributed by atoms with Gasteiger partial charge < -0.3 is 20.3 Å². The quantitative estimate of drug-likeness (QED) is 0.429. The number of nitrogens with zero attached hydrogens (tertiary/aromatic N) is 2. The van der Waals surface area contributed by atoms with Crippen molar-refractivity contribution in [3.05, 3.63) is 23.9 Å². The number of nitrogen functional groups attached to an aromatic ring is 1. The van der Waals surface area contributed by atoms with Gasteiger partial charge in [-0.2, -0.15) is 5.10 Å². The number of ether oxygens (including phenoxy) is 2. The van der Waals surface area contributed by atoms with Crippen LogP contribution in [-0.2, 0) is 19.9 Å². The summed E-state index contributed by atoms with van der Waals surface area (Å²) >= 11 is 0. The van der Waals surface area contributed by atoms with Gasteiger partial charge in [0.05, 0.1) is 23.8 Å². The monoisotopic (exact) mass is 389 g/mol. The molecule has 1 fully saturated rings. The molecule has 28 heavy (non-hydrogen) atoms. The molecule has 0 amide bonds. The predicted octanol–water partition coefficient (Wildman–Crippen LogP) is 3.16. The maximum atomic E-state index is 10.9. The van der Waals surface area contributed by atoms with Crippen LogP contribution in [0.15, 0.2) is 18.3 Å². The molecule has 1 aliphatic carbocycles. The van der Waals surface area contributed by atoms with E-state index in [0.717, 1.165) is 42.1 Å². The number of fused-ring (bicyclic) bond motifs is 1. The average molecular weight is 389 g/mol. The Morgan fingerprint density at radius 1 is 1.29 bits per heavy atom. The highest BCUT2D eigenvalue weighted by atomic mass is 16.6. The van der Waals surface area contributed by atoms with E-state index in [1.807, 2.05) is 26.0 Å². The van der Waals surface area contributed by atoms with Gasteiger partial charge in [0.25, 0.3) is 0 Å². The third-order valence-corrected chi connectivity index (χ3v) is 5.64. The van der Waals surface area contributed by atoms with E-state index in [0.29, 0.717) is 24.3 Å². The SMILES string of the molecule is CC(=O)OCCOC(C)(C)c1cc2nn(C3CCC(CO)CC3)cc2cc1N. The van der Waals surface area contributed by atoms with Gasteiger partial charge in [0.1, 0.15) is 6.61 Å². The number of hydrogen-bond donors (Lipinski definition) is 2. The second-order valence-electron chi connectivity index (χ2n) is 8.16. The normalized spacial score (nSPS) is 20.4. The van der Waals surface area contributed by atoms with Gasteiger partial charge in [0, 0.05) is 36.4 Å². The van der Waals surface area contributed by atoms with Crippen molar-refractivity contribution in [1.29, 1.82) is 0 Å². The number of carbonyl (C=O) groups excluding carboxylic acids is 1. The number of nitrogens with two attached hydrogens (primary N) is 1. The molecule has 1 aromatic heterocycles. The Labute approximate surface area is 165 Å². The van der Waals surface area contributed by atoms with Crippen molar-refractivity contribution in [2.75, 3.05) is 25.6 Å². The molecule has 0 unspecified atom stereocenters. The summed E-state index contributed by atoms with van der Waals surface area (Å²) in [6, 6.07) is 4.31. The maximum absolute atomic E-state index is 10.9. The van der Waals surface area contributed by atoms with E-state index in [1.54, 1.807) is 0 Å². The van der Waals surface area contributed by atoms with Crippen LogP contribution in [0.2, 0.25) is 0 Å². The first-order valence-corrected chi connectivity index (χ1v) is 9.97. The summed E-state index contributed by atoms with van der Waals surface area (Å²) in [5.41, 5.74) is 8.12. The number of aliphatic hydroxyl groups excluding tert-OH is 1. The topological polar surface area (TPSA) is 99.6 Å². The van der Waals surface area contributed by atoms with Gasteiger partial charge in [0.15, 0.2) is 0 Å². The van der Waals surface area contributed by atoms with Crippen molar-refractivity contribution < 1.29 is 19.4 Å². The molecule has 3 N–H and O–H groups in total. The van der Waals surface area contributed by atoms with Gasteiger partial charge in [-0.25, -0.2) is 0 Å². The summed E-state index contributed by atoms with van der Waals surface area (Å²) in [5.74, 6) is 0.106. The molecular formula is C21H31N3O4. The maximum Gasteiger partial charge on any atom is 0.302 e. The van der Waals surface area contributed by atoms with Crippen LogP contribution in [0.25, 0.3) is 10.9 Å². The molecule has 7 nitrogen and oxygen atoms in total. The lowest BCUT2D eigenvalue weighted by Crippen LogP contribution is -2.25. The van der Waals surface area contributed by atoms with Crippen molar-refractivity contribution in [2.24, 2.45) is 5.92 Å². The Balaban J connectivity index is 1.75. The van der Waals surface area contributed by atoms with Gasteiger partial charge in [-0.05, 0) is 57.6 Å². The summed E-state index contributed by atoms with van der Waals surface area (Å²) in [6.07, 6.45) is 6.20. The summed E-state index contributed by atoms with van der Waals surface area (Å²) in [5, 5.41) is 15.1. The van der Waals surface area contributed by atoms with Gasteiger partial charge >= 0.3 is 5.97 Å². The third kappa shape index (κ3) is 4.64. The Kier molecular flexibility index (Phi) is 6.25. The first kappa shape index (κ1) is 20.6. The molecule has 0 atom stereocenters. The Morgan fingerprint density at radius 2 is 2.00 bits per heavy atom. The predicted molar refractivity (Wildman–Crippen MR) is 108 cm³/mol. The van der Waals surface area contributed by atoms with Gasteiger partial charge in [0.2, 0.25) is 0 Å². The Bertz CT molecular complexity index is 822. The number of carbonyl (C=O) groups is 1. The van der Waals surface area contributed by atoms with Crippen LogP contribution in [0.1, 0.15) is 58.1 Å². The molecule has 7 heteroatoms. The van der Waals surface area contributed by atoms with Gasteiger partial charge in [-0.1, -0.05) is 0 Å². The number of rotatable bonds is 7. The lowest BCUT2D eigenvalue weighted by molar-refractivity contribution is -0.144. The van der Waals surface area contributed by atoms with Crippen molar-refractivity contribution in [1.82, 2.24) is 9.78 Å². The van der Waals surface area contributed by atoms with Crippen LogP contribution in [0.5, 0.6) is 0 Å². The second-order valence-corrected chi connectivity index (χ2v) is 8.16. The highest BCUT2D eigenvalue weighted by molar-refractivity contribution is 5.83. The molecule has 2 aromatic rings. The van der Waals surface area contributed by atoms with Crippen LogP contribution in [0.4, 0.5) is 5.69 Å². The van der Waals surface area contributed by atoms with E-state index in [4.69, 9.17) is 20.3 Å². The fraction of sp³-hybridized carbons (Fsp3) is 0.619. The van der Waals surface area contributed by atoms with E-state index < -0.39 is 5.60 Å². The van der Waals surface area contributed by atoms with Crippen LogP contribution in [0.3, 0.4) is 0 Å². The van der Waals surface area contributed by atoms with Gasteiger partial charge in [-0.15, -0.1) is 0 Å². The lowest BCUT2D eigenvalue weighted by Gasteiger charge is -2.27. The van der Waals surface area contributed by atoms with Crippen molar-refractivity contribution in [3.8, 4) is 0 Å². The summed E-state index contributed by atoms with van der Waals surface area (Å²) < 4.78 is 12.9. The highest BCUT2D eigenvalue weighted by Gasteiger charge is 2.26. The molecule has 1 aliphatic rings.